The molecule has 0 spiro atoms. The van der Waals surface area contributed by atoms with Crippen LogP contribution < -0.4 is 0 Å². The van der Waals surface area contributed by atoms with Crippen LogP contribution in [0.4, 0.5) is 13.2 Å². The van der Waals surface area contributed by atoms with Crippen molar-refractivity contribution < 1.29 is 42.5 Å². The number of carbonyl (C=O) groups is 3. The molecule has 1 rings (SSSR count). The van der Waals surface area contributed by atoms with Gasteiger partial charge in [0, 0.05) is 18.7 Å². The van der Waals surface area contributed by atoms with Crippen molar-refractivity contribution in [1.29, 1.82) is 0 Å². The number of aliphatic carboxylic acids is 2. The smallest absolute Gasteiger partial charge is 0.478 e. The minimum Gasteiger partial charge on any atom is -0.478 e. The number of hydrogen-bond donors (Lipinski definition) is 2. The standard InChI is InChI=1S/C14H17NO4.C2HF3O2/c1-10(13(16)17)8-15(2)9-11-5-4-6-12(7-11)14(18)19-3;3-2(4,5)1(6)7/h4-7H,1,8-9H2,2-3H3,(H,16,17);(H,6,7). The molecule has 2 N–H and O–H groups in total. The lowest BCUT2D eigenvalue weighted by molar-refractivity contribution is -0.192. The third-order valence-electron chi connectivity index (χ3n) is 2.81. The van der Waals surface area contributed by atoms with Gasteiger partial charge in [-0.25, -0.2) is 14.4 Å². The fraction of sp³-hybridized carbons (Fsp3) is 0.312. The molecule has 0 amide bonds. The first kappa shape index (κ1) is 23.1. The van der Waals surface area contributed by atoms with Gasteiger partial charge < -0.3 is 14.9 Å². The van der Waals surface area contributed by atoms with Gasteiger partial charge >= 0.3 is 24.1 Å². The summed E-state index contributed by atoms with van der Waals surface area (Å²) in [6.07, 6.45) is -5.08. The quantitative estimate of drug-likeness (QED) is 0.578. The highest BCUT2D eigenvalue weighted by Crippen LogP contribution is 2.13. The first-order valence-corrected chi connectivity index (χ1v) is 6.95. The van der Waals surface area contributed by atoms with Gasteiger partial charge in [0.15, 0.2) is 0 Å². The lowest BCUT2D eigenvalue weighted by Gasteiger charge is -2.16. The van der Waals surface area contributed by atoms with Gasteiger partial charge in [-0.3, -0.25) is 4.90 Å². The first-order chi connectivity index (χ1) is 11.9. The minimum atomic E-state index is -5.08. The van der Waals surface area contributed by atoms with Gasteiger partial charge in [0.05, 0.1) is 12.7 Å². The van der Waals surface area contributed by atoms with Crippen LogP contribution in [0.15, 0.2) is 36.4 Å². The Morgan fingerprint density at radius 3 is 2.19 bits per heavy atom. The molecule has 1 aromatic rings. The molecule has 1 aromatic carbocycles. The van der Waals surface area contributed by atoms with Crippen LogP contribution in [0.5, 0.6) is 0 Å². The number of hydrogen-bond acceptors (Lipinski definition) is 5. The number of benzene rings is 1. The highest BCUT2D eigenvalue weighted by Gasteiger charge is 2.38. The van der Waals surface area contributed by atoms with E-state index < -0.39 is 18.1 Å². The van der Waals surface area contributed by atoms with Crippen molar-refractivity contribution in [2.75, 3.05) is 20.7 Å². The fourth-order valence-corrected chi connectivity index (χ4v) is 1.68. The van der Waals surface area contributed by atoms with Crippen molar-refractivity contribution >= 4 is 17.9 Å². The zero-order valence-corrected chi connectivity index (χ0v) is 14.0. The fourth-order valence-electron chi connectivity index (χ4n) is 1.68. The van der Waals surface area contributed by atoms with Gasteiger partial charge in [-0.15, -0.1) is 0 Å². The van der Waals surface area contributed by atoms with E-state index in [1.54, 1.807) is 25.2 Å². The molecule has 0 saturated carbocycles. The molecule has 0 aliphatic rings. The van der Waals surface area contributed by atoms with Gasteiger partial charge in [0.1, 0.15) is 0 Å². The summed E-state index contributed by atoms with van der Waals surface area (Å²) in [7, 11) is 3.12. The number of carbonyl (C=O) groups excluding carboxylic acids is 1. The molecule has 10 heteroatoms. The molecule has 0 fully saturated rings. The summed E-state index contributed by atoms with van der Waals surface area (Å²) in [6, 6.07) is 7.03. The molecule has 0 aromatic heterocycles. The molecule has 0 atom stereocenters. The highest BCUT2D eigenvalue weighted by atomic mass is 19.4. The Labute approximate surface area is 147 Å². The number of carboxylic acids is 2. The summed E-state index contributed by atoms with van der Waals surface area (Å²) in [5.41, 5.74) is 1.51. The van der Waals surface area contributed by atoms with E-state index in [1.165, 1.54) is 7.11 Å². The van der Waals surface area contributed by atoms with E-state index in [-0.39, 0.29) is 18.1 Å². The zero-order chi connectivity index (χ0) is 20.5. The lowest BCUT2D eigenvalue weighted by Crippen LogP contribution is -2.23. The van der Waals surface area contributed by atoms with E-state index in [2.05, 4.69) is 11.3 Å². The molecule has 0 unspecified atom stereocenters. The Kier molecular flexibility index (Phi) is 9.06. The van der Waals surface area contributed by atoms with Crippen LogP contribution in [-0.2, 0) is 20.9 Å². The number of esters is 1. The number of ether oxygens (including phenoxy) is 1. The van der Waals surface area contributed by atoms with Crippen LogP contribution >= 0.6 is 0 Å². The predicted molar refractivity (Wildman–Crippen MR) is 84.6 cm³/mol. The summed E-state index contributed by atoms with van der Waals surface area (Å²) < 4.78 is 36.4. The molecule has 26 heavy (non-hydrogen) atoms. The van der Waals surface area contributed by atoms with Gasteiger partial charge in [0.2, 0.25) is 0 Å². The van der Waals surface area contributed by atoms with Crippen molar-refractivity contribution in [3.05, 3.63) is 47.5 Å². The van der Waals surface area contributed by atoms with Gasteiger partial charge in [-0.2, -0.15) is 13.2 Å². The Hall–Kier alpha value is -2.88. The molecule has 144 valence electrons. The molecule has 0 saturated heterocycles. The van der Waals surface area contributed by atoms with Crippen LogP contribution in [0.2, 0.25) is 0 Å². The second-order valence-corrected chi connectivity index (χ2v) is 5.08. The van der Waals surface area contributed by atoms with E-state index in [0.717, 1.165) is 5.56 Å². The Morgan fingerprint density at radius 1 is 1.23 bits per heavy atom. The SMILES string of the molecule is C=C(CN(C)Cc1cccc(C(=O)OC)c1)C(=O)O.O=C(O)C(F)(F)F. The molecule has 0 aliphatic carbocycles. The highest BCUT2D eigenvalue weighted by molar-refractivity contribution is 5.89. The number of carboxylic acid groups (broad SMARTS) is 2. The van der Waals surface area contributed by atoms with Gasteiger partial charge in [-0.1, -0.05) is 18.7 Å². The zero-order valence-electron chi connectivity index (χ0n) is 14.0. The lowest BCUT2D eigenvalue weighted by atomic mass is 10.1. The van der Waals surface area contributed by atoms with E-state index in [4.69, 9.17) is 15.0 Å². The van der Waals surface area contributed by atoms with Crippen molar-refractivity contribution in [3.8, 4) is 0 Å². The van der Waals surface area contributed by atoms with Crippen LogP contribution in [0, 0.1) is 0 Å². The second-order valence-electron chi connectivity index (χ2n) is 5.08. The van der Waals surface area contributed by atoms with Gasteiger partial charge in [0.25, 0.3) is 0 Å². The number of likely N-dealkylation sites (N-methyl/N-ethyl adjacent to an activating group) is 1. The first-order valence-electron chi connectivity index (χ1n) is 6.95. The largest absolute Gasteiger partial charge is 0.490 e. The Bertz CT molecular complexity index is 672. The molecule has 0 aliphatic heterocycles. The maximum atomic E-state index is 11.4. The third kappa shape index (κ3) is 8.83. The number of halogens is 3. The predicted octanol–water partition coefficient (Wildman–Crippen LogP) is 2.18. The normalized spacial score (nSPS) is 10.5. The average molecular weight is 377 g/mol. The van der Waals surface area contributed by atoms with E-state index >= 15 is 0 Å². The van der Waals surface area contributed by atoms with E-state index in [1.807, 2.05) is 11.0 Å². The maximum absolute atomic E-state index is 11.4. The molecule has 0 bridgehead atoms. The molecule has 0 heterocycles. The molecule has 0 radical (unpaired) electrons. The second kappa shape index (κ2) is 10.2. The number of nitrogens with zero attached hydrogens (tertiary/aromatic N) is 1. The summed E-state index contributed by atoms with van der Waals surface area (Å²) >= 11 is 0. The van der Waals surface area contributed by atoms with Crippen LogP contribution in [-0.4, -0.2) is 59.9 Å². The van der Waals surface area contributed by atoms with Crippen molar-refractivity contribution in [1.82, 2.24) is 4.90 Å². The van der Waals surface area contributed by atoms with E-state index in [9.17, 15) is 22.8 Å². The van der Waals surface area contributed by atoms with Crippen LogP contribution in [0.3, 0.4) is 0 Å². The summed E-state index contributed by atoms with van der Waals surface area (Å²) in [4.78, 5) is 32.8. The molecular formula is C16H18F3NO6. The Balaban J connectivity index is 0.000000758. The topological polar surface area (TPSA) is 104 Å². The van der Waals surface area contributed by atoms with Crippen LogP contribution in [0.25, 0.3) is 0 Å². The van der Waals surface area contributed by atoms with E-state index in [0.29, 0.717) is 12.1 Å². The van der Waals surface area contributed by atoms with Crippen LogP contribution in [0.1, 0.15) is 15.9 Å². The summed E-state index contributed by atoms with van der Waals surface area (Å²) in [5, 5.41) is 15.9. The minimum absolute atomic E-state index is 0.131. The van der Waals surface area contributed by atoms with Crippen molar-refractivity contribution in [2.24, 2.45) is 0 Å². The van der Waals surface area contributed by atoms with Crippen molar-refractivity contribution in [2.45, 2.75) is 12.7 Å². The number of methoxy groups -OCH3 is 1. The third-order valence-corrected chi connectivity index (χ3v) is 2.81. The summed E-state index contributed by atoms with van der Waals surface area (Å²) in [6.45, 7) is 4.27. The van der Waals surface area contributed by atoms with Crippen molar-refractivity contribution in [3.63, 3.8) is 0 Å². The molecular weight excluding hydrogens is 359 g/mol. The molecule has 7 nitrogen and oxygen atoms in total. The Morgan fingerprint density at radius 2 is 1.77 bits per heavy atom. The van der Waals surface area contributed by atoms with Gasteiger partial charge in [-0.05, 0) is 24.7 Å². The average Bonchev–Trinajstić information content (AvgIpc) is 2.53. The maximum Gasteiger partial charge on any atom is 0.490 e. The monoisotopic (exact) mass is 377 g/mol. The summed E-state index contributed by atoms with van der Waals surface area (Å²) in [5.74, 6) is -4.15. The number of alkyl halides is 3. The number of rotatable bonds is 6.